The Morgan fingerprint density at radius 2 is 1.83 bits per heavy atom. The smallest absolute Gasteiger partial charge is 0.00614 e. The molecule has 0 aromatic rings. The highest BCUT2D eigenvalue weighted by Gasteiger charge is 2.33. The van der Waals surface area contributed by atoms with Crippen molar-refractivity contribution < 1.29 is 0 Å². The summed E-state index contributed by atoms with van der Waals surface area (Å²) in [7, 11) is 2.31. The topological polar surface area (TPSA) is 15.3 Å². The summed E-state index contributed by atoms with van der Waals surface area (Å²) in [5, 5.41) is 3.68. The van der Waals surface area contributed by atoms with Crippen LogP contribution in [0.5, 0.6) is 0 Å². The maximum atomic E-state index is 3.68. The van der Waals surface area contributed by atoms with Gasteiger partial charge in [0, 0.05) is 19.1 Å². The van der Waals surface area contributed by atoms with Gasteiger partial charge in [0.1, 0.15) is 0 Å². The van der Waals surface area contributed by atoms with Crippen molar-refractivity contribution in [2.75, 3.05) is 26.7 Å². The van der Waals surface area contributed by atoms with Gasteiger partial charge in [-0.2, -0.15) is 0 Å². The highest BCUT2D eigenvalue weighted by atomic mass is 15.1. The summed E-state index contributed by atoms with van der Waals surface area (Å²) >= 11 is 0. The Balaban J connectivity index is 2.53. The van der Waals surface area contributed by atoms with E-state index in [1.807, 2.05) is 0 Å². The first kappa shape index (κ1) is 16.0. The Kier molecular flexibility index (Phi) is 7.25. The molecular weight excluding hydrogens is 220 g/mol. The molecule has 0 heterocycles. The van der Waals surface area contributed by atoms with Crippen LogP contribution in [0.1, 0.15) is 65.7 Å². The van der Waals surface area contributed by atoms with Crippen molar-refractivity contribution in [3.63, 3.8) is 0 Å². The van der Waals surface area contributed by atoms with E-state index in [1.54, 1.807) is 0 Å². The van der Waals surface area contributed by atoms with E-state index in [2.05, 4.69) is 38.0 Å². The van der Waals surface area contributed by atoms with Crippen LogP contribution in [0.4, 0.5) is 0 Å². The lowest BCUT2D eigenvalue weighted by molar-refractivity contribution is 0.0960. The molecule has 18 heavy (non-hydrogen) atoms. The zero-order valence-corrected chi connectivity index (χ0v) is 13.1. The van der Waals surface area contributed by atoms with Crippen LogP contribution < -0.4 is 5.32 Å². The second kappa shape index (κ2) is 8.16. The highest BCUT2D eigenvalue weighted by molar-refractivity contribution is 4.88. The van der Waals surface area contributed by atoms with Gasteiger partial charge in [0.15, 0.2) is 0 Å². The Labute approximate surface area is 115 Å². The largest absolute Gasteiger partial charge is 0.316 e. The van der Waals surface area contributed by atoms with Crippen LogP contribution in [0.15, 0.2) is 0 Å². The van der Waals surface area contributed by atoms with Crippen molar-refractivity contribution in [3.05, 3.63) is 0 Å². The van der Waals surface area contributed by atoms with Crippen molar-refractivity contribution in [1.82, 2.24) is 10.2 Å². The van der Waals surface area contributed by atoms with E-state index in [1.165, 1.54) is 64.6 Å². The van der Waals surface area contributed by atoms with Crippen molar-refractivity contribution in [2.45, 2.75) is 71.8 Å². The summed E-state index contributed by atoms with van der Waals surface area (Å²) in [5.74, 6) is 0. The maximum Gasteiger partial charge on any atom is 0.00614 e. The van der Waals surface area contributed by atoms with Gasteiger partial charge >= 0.3 is 0 Å². The van der Waals surface area contributed by atoms with Gasteiger partial charge in [0.25, 0.3) is 0 Å². The molecule has 108 valence electrons. The van der Waals surface area contributed by atoms with Crippen molar-refractivity contribution in [1.29, 1.82) is 0 Å². The summed E-state index contributed by atoms with van der Waals surface area (Å²) in [4.78, 5) is 2.58. The molecule has 1 unspecified atom stereocenters. The minimum Gasteiger partial charge on any atom is -0.316 e. The van der Waals surface area contributed by atoms with Gasteiger partial charge < -0.3 is 10.2 Å². The van der Waals surface area contributed by atoms with Gasteiger partial charge in [-0.15, -0.1) is 0 Å². The first-order valence-electron chi connectivity index (χ1n) is 8.04. The lowest BCUT2D eigenvalue weighted by atomic mass is 9.73. The standard InChI is InChI=1S/C16H34N2/c1-5-12-17-13-16(10-8-7-9-11-16)14-18(4)15(3)6-2/h15,17H,5-14H2,1-4H3. The molecule has 0 saturated heterocycles. The van der Waals surface area contributed by atoms with E-state index in [4.69, 9.17) is 0 Å². The van der Waals surface area contributed by atoms with E-state index in [-0.39, 0.29) is 0 Å². The third-order valence-electron chi connectivity index (χ3n) is 4.77. The summed E-state index contributed by atoms with van der Waals surface area (Å²) in [6.07, 6.45) is 9.66. The van der Waals surface area contributed by atoms with Crippen molar-refractivity contribution in [2.24, 2.45) is 5.41 Å². The third-order valence-corrected chi connectivity index (χ3v) is 4.77. The third kappa shape index (κ3) is 4.89. The summed E-state index contributed by atoms with van der Waals surface area (Å²) in [6, 6.07) is 0.718. The normalized spacial score (nSPS) is 21.2. The zero-order chi connectivity index (χ0) is 13.4. The van der Waals surface area contributed by atoms with Gasteiger partial charge in [0.2, 0.25) is 0 Å². The lowest BCUT2D eigenvalue weighted by Crippen LogP contribution is -2.46. The molecule has 1 saturated carbocycles. The molecule has 1 atom stereocenters. The van der Waals surface area contributed by atoms with Gasteiger partial charge in [0.05, 0.1) is 0 Å². The second-order valence-corrected chi connectivity index (χ2v) is 6.41. The van der Waals surface area contributed by atoms with Crippen molar-refractivity contribution in [3.8, 4) is 0 Å². The van der Waals surface area contributed by atoms with E-state index in [0.717, 1.165) is 6.04 Å². The Hall–Kier alpha value is -0.0800. The highest BCUT2D eigenvalue weighted by Crippen LogP contribution is 2.36. The van der Waals surface area contributed by atoms with Gasteiger partial charge in [-0.1, -0.05) is 33.1 Å². The van der Waals surface area contributed by atoms with Crippen LogP contribution in [0.3, 0.4) is 0 Å². The Morgan fingerprint density at radius 1 is 1.17 bits per heavy atom. The molecule has 1 rings (SSSR count). The summed E-state index contributed by atoms with van der Waals surface area (Å²) in [6.45, 7) is 10.6. The molecule has 1 aliphatic rings. The fraction of sp³-hybridized carbons (Fsp3) is 1.00. The fourth-order valence-electron chi connectivity index (χ4n) is 3.22. The number of nitrogens with one attached hydrogen (secondary N) is 1. The predicted octanol–water partition coefficient (Wildman–Crippen LogP) is 3.67. The molecule has 1 aliphatic carbocycles. The van der Waals surface area contributed by atoms with Crippen LogP contribution in [-0.4, -0.2) is 37.6 Å². The molecule has 0 bridgehead atoms. The minimum absolute atomic E-state index is 0.547. The average molecular weight is 254 g/mol. The fourth-order valence-corrected chi connectivity index (χ4v) is 3.22. The molecule has 0 spiro atoms. The molecular formula is C16H34N2. The van der Waals surface area contributed by atoms with Crippen LogP contribution in [0.2, 0.25) is 0 Å². The molecule has 0 aliphatic heterocycles. The minimum atomic E-state index is 0.547. The number of rotatable bonds is 8. The molecule has 1 N–H and O–H groups in total. The first-order valence-corrected chi connectivity index (χ1v) is 8.04. The lowest BCUT2D eigenvalue weighted by Gasteiger charge is -2.42. The van der Waals surface area contributed by atoms with Gasteiger partial charge in [-0.05, 0) is 51.6 Å². The van der Waals surface area contributed by atoms with Gasteiger partial charge in [-0.3, -0.25) is 0 Å². The molecule has 1 fully saturated rings. The second-order valence-electron chi connectivity index (χ2n) is 6.41. The Morgan fingerprint density at radius 3 is 2.39 bits per heavy atom. The Bertz CT molecular complexity index is 209. The quantitative estimate of drug-likeness (QED) is 0.665. The number of nitrogens with zero attached hydrogens (tertiary/aromatic N) is 1. The van der Waals surface area contributed by atoms with E-state index >= 15 is 0 Å². The average Bonchev–Trinajstić information content (AvgIpc) is 2.39. The van der Waals surface area contributed by atoms with Crippen LogP contribution in [0, 0.1) is 5.41 Å². The monoisotopic (exact) mass is 254 g/mol. The molecule has 2 nitrogen and oxygen atoms in total. The van der Waals surface area contributed by atoms with E-state index in [9.17, 15) is 0 Å². The molecule has 0 amide bonds. The van der Waals surface area contributed by atoms with Gasteiger partial charge in [-0.25, -0.2) is 0 Å². The molecule has 0 aromatic carbocycles. The van der Waals surface area contributed by atoms with Crippen LogP contribution in [0.25, 0.3) is 0 Å². The zero-order valence-electron chi connectivity index (χ0n) is 13.1. The van der Waals surface area contributed by atoms with Crippen LogP contribution >= 0.6 is 0 Å². The molecule has 2 heteroatoms. The van der Waals surface area contributed by atoms with E-state index < -0.39 is 0 Å². The van der Waals surface area contributed by atoms with Crippen molar-refractivity contribution >= 4 is 0 Å². The number of hydrogen-bond acceptors (Lipinski definition) is 2. The van der Waals surface area contributed by atoms with E-state index in [0.29, 0.717) is 5.41 Å². The first-order chi connectivity index (χ1) is 8.63. The maximum absolute atomic E-state index is 3.68. The SMILES string of the molecule is CCCNCC1(CN(C)C(C)CC)CCCCC1. The summed E-state index contributed by atoms with van der Waals surface area (Å²) < 4.78 is 0. The molecule has 0 radical (unpaired) electrons. The molecule has 0 aromatic heterocycles. The van der Waals surface area contributed by atoms with Crippen LogP contribution in [-0.2, 0) is 0 Å². The predicted molar refractivity (Wildman–Crippen MR) is 81.1 cm³/mol. The number of hydrogen-bond donors (Lipinski definition) is 1. The summed E-state index contributed by atoms with van der Waals surface area (Å²) in [5.41, 5.74) is 0.547.